The zero-order chi connectivity index (χ0) is 13.1. The van der Waals surface area contributed by atoms with Crippen LogP contribution in [-0.4, -0.2) is 32.0 Å². The van der Waals surface area contributed by atoms with Crippen molar-refractivity contribution >= 4 is 11.7 Å². The fourth-order valence-electron chi connectivity index (χ4n) is 1.62. The van der Waals surface area contributed by atoms with Gasteiger partial charge in [0.05, 0.1) is 11.9 Å². The lowest BCUT2D eigenvalue weighted by atomic mass is 10.3. The Morgan fingerprint density at radius 1 is 1.50 bits per heavy atom. The van der Waals surface area contributed by atoms with Crippen molar-refractivity contribution in [1.29, 1.82) is 0 Å². The summed E-state index contributed by atoms with van der Waals surface area (Å²) in [5.41, 5.74) is 7.06. The van der Waals surface area contributed by atoms with E-state index in [9.17, 15) is 4.79 Å². The third kappa shape index (κ3) is 2.50. The lowest BCUT2D eigenvalue weighted by Crippen LogP contribution is -2.26. The van der Waals surface area contributed by atoms with Gasteiger partial charge in [-0.15, -0.1) is 0 Å². The number of aromatic nitrogens is 4. The summed E-state index contributed by atoms with van der Waals surface area (Å²) in [6.45, 7) is 0.518. The van der Waals surface area contributed by atoms with E-state index in [2.05, 4.69) is 15.5 Å². The Morgan fingerprint density at radius 2 is 2.28 bits per heavy atom. The van der Waals surface area contributed by atoms with E-state index >= 15 is 0 Å². The molecule has 7 nitrogen and oxygen atoms in total. The molecule has 0 unspecified atom stereocenters. The molecule has 0 saturated carbocycles. The average molecular weight is 248 g/mol. The normalized spacial score (nSPS) is 10.6. The van der Waals surface area contributed by atoms with Crippen LogP contribution in [0.2, 0.25) is 0 Å². The topological polar surface area (TPSA) is 90.8 Å². The molecule has 0 aliphatic heterocycles. The highest BCUT2D eigenvalue weighted by atomic mass is 16.1. The van der Waals surface area contributed by atoms with Crippen LogP contribution in [0.1, 0.15) is 16.1 Å². The molecule has 0 bridgehead atoms. The third-order valence-electron chi connectivity index (χ3n) is 2.66. The van der Waals surface area contributed by atoms with Gasteiger partial charge in [0.1, 0.15) is 11.4 Å². The predicted octanol–water partition coefficient (Wildman–Crippen LogP) is -0.292. The minimum atomic E-state index is -0.212. The molecule has 7 heteroatoms. The molecule has 18 heavy (non-hydrogen) atoms. The number of carbonyl (C=O) groups is 1. The van der Waals surface area contributed by atoms with Gasteiger partial charge in [-0.2, -0.15) is 10.2 Å². The molecule has 0 saturated heterocycles. The first-order valence-electron chi connectivity index (χ1n) is 5.62. The molecule has 0 atom stereocenters. The number of amides is 1. The number of rotatable bonds is 4. The molecule has 2 heterocycles. The van der Waals surface area contributed by atoms with Crippen molar-refractivity contribution in [3.8, 4) is 0 Å². The van der Waals surface area contributed by atoms with Crippen LogP contribution in [0.25, 0.3) is 0 Å². The zero-order valence-electron chi connectivity index (χ0n) is 10.4. The Balaban J connectivity index is 1.87. The standard InChI is InChI=1S/C11H16N6O/c1-16-6-4-8(15-16)3-5-13-11(18)9-7-14-17(2)10(9)12/h4,6-7H,3,5,12H2,1-2H3,(H,13,18). The highest BCUT2D eigenvalue weighted by Gasteiger charge is 2.12. The van der Waals surface area contributed by atoms with Gasteiger partial charge in [-0.3, -0.25) is 14.2 Å². The fraction of sp³-hybridized carbons (Fsp3) is 0.364. The fourth-order valence-corrected chi connectivity index (χ4v) is 1.62. The van der Waals surface area contributed by atoms with E-state index < -0.39 is 0 Å². The summed E-state index contributed by atoms with van der Waals surface area (Å²) in [5, 5.41) is 10.9. The molecule has 2 aromatic heterocycles. The van der Waals surface area contributed by atoms with Crippen molar-refractivity contribution in [2.75, 3.05) is 12.3 Å². The summed E-state index contributed by atoms with van der Waals surface area (Å²) in [6.07, 6.45) is 4.02. The second-order valence-electron chi connectivity index (χ2n) is 4.05. The van der Waals surface area contributed by atoms with Gasteiger partial charge in [-0.1, -0.05) is 0 Å². The van der Waals surface area contributed by atoms with Crippen LogP contribution in [-0.2, 0) is 20.5 Å². The van der Waals surface area contributed by atoms with E-state index in [0.29, 0.717) is 24.3 Å². The minimum absolute atomic E-state index is 0.212. The SMILES string of the molecule is Cn1ccc(CCNC(=O)c2cnn(C)c2N)n1. The summed E-state index contributed by atoms with van der Waals surface area (Å²) in [4.78, 5) is 11.8. The van der Waals surface area contributed by atoms with Crippen LogP contribution in [0.4, 0.5) is 5.82 Å². The summed E-state index contributed by atoms with van der Waals surface area (Å²) < 4.78 is 3.20. The molecule has 96 valence electrons. The van der Waals surface area contributed by atoms with E-state index in [-0.39, 0.29) is 5.91 Å². The van der Waals surface area contributed by atoms with E-state index in [0.717, 1.165) is 5.69 Å². The molecule has 0 radical (unpaired) electrons. The first-order valence-corrected chi connectivity index (χ1v) is 5.62. The molecule has 2 aromatic rings. The Bertz CT molecular complexity index is 556. The molecule has 3 N–H and O–H groups in total. The first-order chi connectivity index (χ1) is 8.58. The number of hydrogen-bond acceptors (Lipinski definition) is 4. The number of nitrogens with zero attached hydrogens (tertiary/aromatic N) is 4. The predicted molar refractivity (Wildman–Crippen MR) is 66.9 cm³/mol. The molecule has 0 spiro atoms. The number of nitrogens with one attached hydrogen (secondary N) is 1. The van der Waals surface area contributed by atoms with Crippen LogP contribution in [0.15, 0.2) is 18.5 Å². The van der Waals surface area contributed by atoms with Crippen LogP contribution in [0.5, 0.6) is 0 Å². The number of nitrogen functional groups attached to an aromatic ring is 1. The molecule has 0 aliphatic carbocycles. The van der Waals surface area contributed by atoms with E-state index in [1.54, 1.807) is 11.7 Å². The van der Waals surface area contributed by atoms with E-state index in [1.165, 1.54) is 10.9 Å². The van der Waals surface area contributed by atoms with Crippen molar-refractivity contribution in [3.05, 3.63) is 29.7 Å². The smallest absolute Gasteiger partial charge is 0.256 e. The maximum Gasteiger partial charge on any atom is 0.256 e. The van der Waals surface area contributed by atoms with Crippen LogP contribution >= 0.6 is 0 Å². The molecular formula is C11H16N6O. The molecule has 0 aliphatic rings. The number of anilines is 1. The number of nitrogens with two attached hydrogens (primary N) is 1. The van der Waals surface area contributed by atoms with Gasteiger partial charge < -0.3 is 11.1 Å². The zero-order valence-corrected chi connectivity index (χ0v) is 10.4. The summed E-state index contributed by atoms with van der Waals surface area (Å²) in [5.74, 6) is 0.155. The van der Waals surface area contributed by atoms with Crippen LogP contribution < -0.4 is 11.1 Å². The third-order valence-corrected chi connectivity index (χ3v) is 2.66. The molecule has 2 rings (SSSR count). The summed E-state index contributed by atoms with van der Waals surface area (Å²) in [6, 6.07) is 1.92. The highest BCUT2D eigenvalue weighted by molar-refractivity contribution is 5.98. The second kappa shape index (κ2) is 4.91. The Hall–Kier alpha value is -2.31. The van der Waals surface area contributed by atoms with Crippen LogP contribution in [0.3, 0.4) is 0 Å². The minimum Gasteiger partial charge on any atom is -0.383 e. The molecule has 0 aromatic carbocycles. The Kier molecular flexibility index (Phi) is 3.31. The second-order valence-corrected chi connectivity index (χ2v) is 4.05. The lowest BCUT2D eigenvalue weighted by molar-refractivity contribution is 0.0955. The summed E-state index contributed by atoms with van der Waals surface area (Å²) >= 11 is 0. The van der Waals surface area contributed by atoms with Crippen LogP contribution in [0, 0.1) is 0 Å². The van der Waals surface area contributed by atoms with Gasteiger partial charge >= 0.3 is 0 Å². The van der Waals surface area contributed by atoms with Crippen molar-refractivity contribution < 1.29 is 4.79 Å². The number of carbonyl (C=O) groups excluding carboxylic acids is 1. The monoisotopic (exact) mass is 248 g/mol. The number of hydrogen-bond donors (Lipinski definition) is 2. The molecule has 0 fully saturated rings. The van der Waals surface area contributed by atoms with Gasteiger partial charge in [0.25, 0.3) is 5.91 Å². The Labute approximate surface area is 105 Å². The Morgan fingerprint density at radius 3 is 2.83 bits per heavy atom. The molecular weight excluding hydrogens is 232 g/mol. The maximum absolute atomic E-state index is 11.8. The average Bonchev–Trinajstić information content (AvgIpc) is 2.87. The van der Waals surface area contributed by atoms with E-state index in [4.69, 9.17) is 5.73 Å². The van der Waals surface area contributed by atoms with Crippen molar-refractivity contribution in [1.82, 2.24) is 24.9 Å². The van der Waals surface area contributed by atoms with Gasteiger partial charge in [0.15, 0.2) is 0 Å². The maximum atomic E-state index is 11.8. The van der Waals surface area contributed by atoms with Crippen molar-refractivity contribution in [2.24, 2.45) is 14.1 Å². The molecule has 1 amide bonds. The van der Waals surface area contributed by atoms with Gasteiger partial charge in [-0.05, 0) is 6.07 Å². The van der Waals surface area contributed by atoms with Crippen molar-refractivity contribution in [2.45, 2.75) is 6.42 Å². The first kappa shape index (κ1) is 12.2. The van der Waals surface area contributed by atoms with Gasteiger partial charge in [-0.25, -0.2) is 0 Å². The summed E-state index contributed by atoms with van der Waals surface area (Å²) in [7, 11) is 3.55. The van der Waals surface area contributed by atoms with E-state index in [1.807, 2.05) is 19.3 Å². The highest BCUT2D eigenvalue weighted by Crippen LogP contribution is 2.08. The largest absolute Gasteiger partial charge is 0.383 e. The number of aryl methyl sites for hydroxylation is 2. The quantitative estimate of drug-likeness (QED) is 0.777. The van der Waals surface area contributed by atoms with Gasteiger partial charge in [0.2, 0.25) is 0 Å². The van der Waals surface area contributed by atoms with Gasteiger partial charge in [0, 0.05) is 33.3 Å². The lowest BCUT2D eigenvalue weighted by Gasteiger charge is -2.03. The van der Waals surface area contributed by atoms with Crippen molar-refractivity contribution in [3.63, 3.8) is 0 Å².